The fourth-order valence-corrected chi connectivity index (χ4v) is 2.22. The van der Waals surface area contributed by atoms with Crippen LogP contribution in [-0.4, -0.2) is 5.91 Å². The van der Waals surface area contributed by atoms with Crippen molar-refractivity contribution in [1.82, 2.24) is 0 Å². The number of carbonyl (C=O) groups is 1. The maximum absolute atomic E-state index is 13.1. The predicted molar refractivity (Wildman–Crippen MR) is 64.0 cm³/mol. The van der Waals surface area contributed by atoms with E-state index >= 15 is 0 Å². The highest BCUT2D eigenvalue weighted by atomic mass is 32.1. The van der Waals surface area contributed by atoms with Crippen LogP contribution in [0.4, 0.5) is 10.1 Å². The van der Waals surface area contributed by atoms with Gasteiger partial charge in [0.25, 0.3) is 0 Å². The van der Waals surface area contributed by atoms with Crippen molar-refractivity contribution in [3.63, 3.8) is 0 Å². The van der Waals surface area contributed by atoms with Crippen molar-refractivity contribution in [2.75, 3.05) is 5.32 Å². The highest BCUT2D eigenvalue weighted by Crippen LogP contribution is 2.31. The van der Waals surface area contributed by atoms with Gasteiger partial charge in [0.2, 0.25) is 5.91 Å². The van der Waals surface area contributed by atoms with E-state index in [-0.39, 0.29) is 11.7 Å². The molecule has 1 amide bonds. The molecule has 0 atom stereocenters. The molecule has 0 radical (unpaired) electrons. The molecule has 0 bridgehead atoms. The van der Waals surface area contributed by atoms with Crippen molar-refractivity contribution in [3.8, 4) is 10.4 Å². The lowest BCUT2D eigenvalue weighted by Gasteiger charge is -2.08. The quantitative estimate of drug-likeness (QED) is 0.847. The van der Waals surface area contributed by atoms with Crippen LogP contribution in [0.3, 0.4) is 0 Å². The average molecular weight is 235 g/mol. The molecule has 2 aromatic rings. The van der Waals surface area contributed by atoms with Crippen LogP contribution in [0.1, 0.15) is 6.92 Å². The first-order chi connectivity index (χ1) is 7.66. The Bertz CT molecular complexity index is 508. The molecule has 2 nitrogen and oxygen atoms in total. The van der Waals surface area contributed by atoms with Crippen LogP contribution >= 0.6 is 11.3 Å². The summed E-state index contributed by atoms with van der Waals surface area (Å²) >= 11 is 1.55. The van der Waals surface area contributed by atoms with Gasteiger partial charge in [0.1, 0.15) is 5.82 Å². The molecule has 0 aliphatic rings. The molecule has 1 heterocycles. The lowest BCUT2D eigenvalue weighted by molar-refractivity contribution is -0.114. The highest BCUT2D eigenvalue weighted by molar-refractivity contribution is 7.13. The van der Waals surface area contributed by atoms with E-state index < -0.39 is 0 Å². The van der Waals surface area contributed by atoms with Crippen molar-refractivity contribution >= 4 is 22.9 Å². The van der Waals surface area contributed by atoms with Crippen LogP contribution in [0.5, 0.6) is 0 Å². The van der Waals surface area contributed by atoms with E-state index in [4.69, 9.17) is 0 Å². The van der Waals surface area contributed by atoms with Gasteiger partial charge in [-0.2, -0.15) is 0 Å². The molecule has 1 N–H and O–H groups in total. The van der Waals surface area contributed by atoms with E-state index in [0.717, 1.165) is 10.4 Å². The van der Waals surface area contributed by atoms with Crippen molar-refractivity contribution in [3.05, 3.63) is 41.5 Å². The van der Waals surface area contributed by atoms with Gasteiger partial charge in [-0.25, -0.2) is 4.39 Å². The number of amides is 1. The second-order valence-electron chi connectivity index (χ2n) is 3.35. The lowest BCUT2D eigenvalue weighted by atomic mass is 10.1. The van der Waals surface area contributed by atoms with Gasteiger partial charge < -0.3 is 5.32 Å². The highest BCUT2D eigenvalue weighted by Gasteiger charge is 2.08. The SMILES string of the molecule is CC(=O)Nc1cc(F)ccc1-c1cccs1. The topological polar surface area (TPSA) is 29.1 Å². The zero-order valence-corrected chi connectivity index (χ0v) is 9.48. The van der Waals surface area contributed by atoms with Gasteiger partial charge >= 0.3 is 0 Å². The summed E-state index contributed by atoms with van der Waals surface area (Å²) in [6.45, 7) is 1.41. The Kier molecular flexibility index (Phi) is 3.01. The average Bonchev–Trinajstić information content (AvgIpc) is 2.69. The van der Waals surface area contributed by atoms with Gasteiger partial charge in [-0.3, -0.25) is 4.79 Å². The van der Waals surface area contributed by atoms with E-state index in [1.165, 1.54) is 19.1 Å². The van der Waals surface area contributed by atoms with E-state index in [0.29, 0.717) is 5.69 Å². The molecule has 0 fully saturated rings. The van der Waals surface area contributed by atoms with Crippen molar-refractivity contribution in [2.24, 2.45) is 0 Å². The minimum Gasteiger partial charge on any atom is -0.326 e. The normalized spacial score (nSPS) is 10.1. The molecule has 0 aliphatic heterocycles. The summed E-state index contributed by atoms with van der Waals surface area (Å²) in [5.74, 6) is -0.563. The van der Waals surface area contributed by atoms with Crippen LogP contribution in [0.25, 0.3) is 10.4 Å². The Morgan fingerprint density at radius 1 is 1.38 bits per heavy atom. The minimum atomic E-state index is -0.357. The summed E-state index contributed by atoms with van der Waals surface area (Å²) in [5.41, 5.74) is 1.35. The molecule has 0 unspecified atom stereocenters. The zero-order valence-electron chi connectivity index (χ0n) is 8.66. The number of hydrogen-bond donors (Lipinski definition) is 1. The summed E-state index contributed by atoms with van der Waals surface area (Å²) in [6.07, 6.45) is 0. The first-order valence-corrected chi connectivity index (χ1v) is 5.66. The fourth-order valence-electron chi connectivity index (χ4n) is 1.46. The lowest BCUT2D eigenvalue weighted by Crippen LogP contribution is -2.07. The van der Waals surface area contributed by atoms with Crippen molar-refractivity contribution < 1.29 is 9.18 Å². The fraction of sp³-hybridized carbons (Fsp3) is 0.0833. The number of nitrogens with one attached hydrogen (secondary N) is 1. The van der Waals surface area contributed by atoms with Crippen molar-refractivity contribution in [1.29, 1.82) is 0 Å². The maximum Gasteiger partial charge on any atom is 0.221 e. The Hall–Kier alpha value is -1.68. The molecule has 1 aromatic carbocycles. The van der Waals surface area contributed by atoms with Gasteiger partial charge in [-0.1, -0.05) is 6.07 Å². The third-order valence-corrected chi connectivity index (χ3v) is 2.98. The number of thiophene rings is 1. The smallest absolute Gasteiger partial charge is 0.221 e. The number of rotatable bonds is 2. The second kappa shape index (κ2) is 4.45. The molecule has 0 saturated carbocycles. The Labute approximate surface area is 96.7 Å². The molecular weight excluding hydrogens is 225 g/mol. The molecule has 0 spiro atoms. The molecule has 0 saturated heterocycles. The van der Waals surface area contributed by atoms with E-state index in [1.807, 2.05) is 17.5 Å². The molecule has 2 rings (SSSR count). The molecule has 4 heteroatoms. The standard InChI is InChI=1S/C12H10FNOS/c1-8(15)14-11-7-9(13)4-5-10(11)12-3-2-6-16-12/h2-7H,1H3,(H,14,15). The number of benzene rings is 1. The maximum atomic E-state index is 13.1. The minimum absolute atomic E-state index is 0.205. The van der Waals surface area contributed by atoms with Crippen LogP contribution in [-0.2, 0) is 4.79 Å². The van der Waals surface area contributed by atoms with Gasteiger partial charge in [0.15, 0.2) is 0 Å². The summed E-state index contributed by atoms with van der Waals surface area (Å²) in [7, 11) is 0. The molecule has 0 aliphatic carbocycles. The molecular formula is C12H10FNOS. The van der Waals surface area contributed by atoms with Gasteiger partial charge in [-0.15, -0.1) is 11.3 Å². The van der Waals surface area contributed by atoms with Gasteiger partial charge in [-0.05, 0) is 29.6 Å². The summed E-state index contributed by atoms with van der Waals surface area (Å²) in [5, 5.41) is 4.57. The Balaban J connectivity index is 2.48. The third kappa shape index (κ3) is 2.28. The third-order valence-electron chi connectivity index (χ3n) is 2.08. The van der Waals surface area contributed by atoms with Crippen LogP contribution in [0.15, 0.2) is 35.7 Å². The second-order valence-corrected chi connectivity index (χ2v) is 4.30. The summed E-state index contributed by atoms with van der Waals surface area (Å²) in [4.78, 5) is 12.0. The molecule has 16 heavy (non-hydrogen) atoms. The number of anilines is 1. The Morgan fingerprint density at radius 3 is 2.81 bits per heavy atom. The largest absolute Gasteiger partial charge is 0.326 e. The van der Waals surface area contributed by atoms with Crippen LogP contribution < -0.4 is 5.32 Å². The van der Waals surface area contributed by atoms with Gasteiger partial charge in [0.05, 0.1) is 5.69 Å². The predicted octanol–water partition coefficient (Wildman–Crippen LogP) is 3.51. The van der Waals surface area contributed by atoms with E-state index in [1.54, 1.807) is 17.4 Å². The first kappa shape index (κ1) is 10.8. The monoisotopic (exact) mass is 235 g/mol. The Morgan fingerprint density at radius 2 is 2.19 bits per heavy atom. The molecule has 82 valence electrons. The summed E-state index contributed by atoms with van der Waals surface area (Å²) < 4.78 is 13.1. The van der Waals surface area contributed by atoms with Crippen LogP contribution in [0, 0.1) is 5.82 Å². The first-order valence-electron chi connectivity index (χ1n) is 4.78. The molecule has 1 aromatic heterocycles. The van der Waals surface area contributed by atoms with E-state index in [2.05, 4.69) is 5.32 Å². The van der Waals surface area contributed by atoms with Crippen LogP contribution in [0.2, 0.25) is 0 Å². The number of hydrogen-bond acceptors (Lipinski definition) is 2. The number of halogens is 1. The van der Waals surface area contributed by atoms with Gasteiger partial charge in [0, 0.05) is 17.4 Å². The zero-order chi connectivity index (χ0) is 11.5. The van der Waals surface area contributed by atoms with E-state index in [9.17, 15) is 9.18 Å². The number of carbonyl (C=O) groups excluding carboxylic acids is 1. The summed E-state index contributed by atoms with van der Waals surface area (Å²) in [6, 6.07) is 8.24. The van der Waals surface area contributed by atoms with Crippen molar-refractivity contribution in [2.45, 2.75) is 6.92 Å².